The summed E-state index contributed by atoms with van der Waals surface area (Å²) in [6.07, 6.45) is 1.27. The lowest BCUT2D eigenvalue weighted by Gasteiger charge is -2.09. The van der Waals surface area contributed by atoms with E-state index in [1.807, 2.05) is 6.92 Å². The molecule has 11 heteroatoms. The van der Waals surface area contributed by atoms with E-state index in [2.05, 4.69) is 15.6 Å². The van der Waals surface area contributed by atoms with Gasteiger partial charge in [0.25, 0.3) is 11.5 Å². The molecule has 36 heavy (non-hydrogen) atoms. The number of halogens is 1. The SMILES string of the molecule is COC(=O)c1ccccc1NC(=O)c1sc2ncn(CC(=O)Nc3ccc(C)c(Cl)c3)c(=O)c2c1C. The van der Waals surface area contributed by atoms with Gasteiger partial charge in [0.15, 0.2) is 0 Å². The van der Waals surface area contributed by atoms with Gasteiger partial charge in [-0.05, 0) is 49.2 Å². The lowest BCUT2D eigenvalue weighted by atomic mass is 10.1. The van der Waals surface area contributed by atoms with Gasteiger partial charge in [-0.25, -0.2) is 9.78 Å². The van der Waals surface area contributed by atoms with Crippen LogP contribution in [0.3, 0.4) is 0 Å². The van der Waals surface area contributed by atoms with E-state index < -0.39 is 23.3 Å². The maximum absolute atomic E-state index is 13.1. The highest BCUT2D eigenvalue weighted by Crippen LogP contribution is 2.28. The van der Waals surface area contributed by atoms with E-state index in [1.165, 1.54) is 24.1 Å². The summed E-state index contributed by atoms with van der Waals surface area (Å²) in [5, 5.41) is 6.18. The first-order valence-electron chi connectivity index (χ1n) is 10.7. The number of aryl methyl sites for hydroxylation is 2. The molecule has 0 saturated heterocycles. The predicted octanol–water partition coefficient (Wildman–Crippen LogP) is 4.41. The number of esters is 1. The summed E-state index contributed by atoms with van der Waals surface area (Å²) in [4.78, 5) is 55.7. The number of aromatic nitrogens is 2. The number of benzene rings is 2. The first-order valence-corrected chi connectivity index (χ1v) is 11.9. The second-order valence-corrected chi connectivity index (χ2v) is 9.32. The van der Waals surface area contributed by atoms with E-state index in [9.17, 15) is 19.2 Å². The molecule has 0 bridgehead atoms. The zero-order valence-corrected chi connectivity index (χ0v) is 21.1. The Morgan fingerprint density at radius 2 is 1.86 bits per heavy atom. The molecule has 2 aromatic carbocycles. The minimum absolute atomic E-state index is 0.202. The molecule has 0 unspecified atom stereocenters. The maximum Gasteiger partial charge on any atom is 0.339 e. The fourth-order valence-electron chi connectivity index (χ4n) is 3.57. The van der Waals surface area contributed by atoms with Gasteiger partial charge >= 0.3 is 5.97 Å². The van der Waals surface area contributed by atoms with Gasteiger partial charge in [-0.1, -0.05) is 29.8 Å². The van der Waals surface area contributed by atoms with Crippen LogP contribution in [0.25, 0.3) is 10.2 Å². The van der Waals surface area contributed by atoms with E-state index >= 15 is 0 Å². The van der Waals surface area contributed by atoms with Crippen LogP contribution in [0.4, 0.5) is 11.4 Å². The molecule has 2 amide bonds. The normalized spacial score (nSPS) is 10.8. The van der Waals surface area contributed by atoms with Crippen LogP contribution >= 0.6 is 22.9 Å². The molecule has 0 fully saturated rings. The Hall–Kier alpha value is -4.02. The molecule has 0 aliphatic carbocycles. The van der Waals surface area contributed by atoms with Gasteiger partial charge < -0.3 is 15.4 Å². The van der Waals surface area contributed by atoms with Crippen LogP contribution in [0.5, 0.6) is 0 Å². The van der Waals surface area contributed by atoms with Crippen LogP contribution < -0.4 is 16.2 Å². The Bertz CT molecular complexity index is 1580. The van der Waals surface area contributed by atoms with Crippen LogP contribution in [0, 0.1) is 13.8 Å². The first kappa shape index (κ1) is 25.1. The third-order valence-corrected chi connectivity index (χ3v) is 7.08. The molecule has 2 N–H and O–H groups in total. The van der Waals surface area contributed by atoms with E-state index in [0.29, 0.717) is 21.1 Å². The van der Waals surface area contributed by atoms with Gasteiger partial charge in [0.1, 0.15) is 11.4 Å². The number of carbonyl (C=O) groups excluding carboxylic acids is 3. The number of hydrogen-bond acceptors (Lipinski definition) is 7. The number of rotatable bonds is 6. The van der Waals surface area contributed by atoms with Gasteiger partial charge in [-0.3, -0.25) is 19.0 Å². The Kier molecular flexibility index (Phi) is 7.18. The maximum atomic E-state index is 13.1. The van der Waals surface area contributed by atoms with Crippen molar-refractivity contribution >= 4 is 62.3 Å². The largest absolute Gasteiger partial charge is 0.465 e. The number of amides is 2. The average molecular weight is 525 g/mol. The highest BCUT2D eigenvalue weighted by Gasteiger charge is 2.22. The van der Waals surface area contributed by atoms with Gasteiger partial charge in [0, 0.05) is 10.7 Å². The van der Waals surface area contributed by atoms with Crippen molar-refractivity contribution in [3.63, 3.8) is 0 Å². The topological polar surface area (TPSA) is 119 Å². The Morgan fingerprint density at radius 1 is 1.11 bits per heavy atom. The summed E-state index contributed by atoms with van der Waals surface area (Å²) < 4.78 is 5.95. The zero-order valence-electron chi connectivity index (χ0n) is 19.5. The van der Waals surface area contributed by atoms with Crippen molar-refractivity contribution in [2.24, 2.45) is 0 Å². The van der Waals surface area contributed by atoms with Gasteiger partial charge in [0.2, 0.25) is 5.91 Å². The summed E-state index contributed by atoms with van der Waals surface area (Å²) in [6.45, 7) is 3.22. The lowest BCUT2D eigenvalue weighted by molar-refractivity contribution is -0.116. The molecule has 0 saturated carbocycles. The van der Waals surface area contributed by atoms with Crippen molar-refractivity contribution in [2.75, 3.05) is 17.7 Å². The third kappa shape index (κ3) is 5.00. The molecule has 2 aromatic heterocycles. The molecule has 0 aliphatic rings. The molecule has 0 spiro atoms. The monoisotopic (exact) mass is 524 g/mol. The molecule has 0 radical (unpaired) electrons. The standard InChI is InChI=1S/C25H21ClN4O5S/c1-13-8-9-15(10-17(13)26)28-19(31)11-30-12-27-23-20(24(30)33)14(2)21(36-23)22(32)29-18-7-5-4-6-16(18)25(34)35-3/h4-10,12H,11H2,1-3H3,(H,28,31)(H,29,32). The van der Waals surface area contributed by atoms with E-state index in [1.54, 1.807) is 43.3 Å². The second kappa shape index (κ2) is 10.3. The number of fused-ring (bicyclic) bond motifs is 1. The van der Waals surface area contributed by atoms with Crippen LogP contribution in [0.2, 0.25) is 5.02 Å². The van der Waals surface area contributed by atoms with Crippen molar-refractivity contribution in [3.05, 3.63) is 85.7 Å². The molecular weight excluding hydrogens is 504 g/mol. The second-order valence-electron chi connectivity index (χ2n) is 7.92. The molecule has 0 aliphatic heterocycles. The number of carbonyl (C=O) groups is 3. The van der Waals surface area contributed by atoms with E-state index in [0.717, 1.165) is 16.9 Å². The van der Waals surface area contributed by atoms with Crippen molar-refractivity contribution in [1.29, 1.82) is 0 Å². The van der Waals surface area contributed by atoms with E-state index in [-0.39, 0.29) is 28.1 Å². The fraction of sp³-hybridized carbons (Fsp3) is 0.160. The number of ether oxygens (including phenoxy) is 1. The van der Waals surface area contributed by atoms with Crippen molar-refractivity contribution in [2.45, 2.75) is 20.4 Å². The Balaban J connectivity index is 1.59. The summed E-state index contributed by atoms with van der Waals surface area (Å²) in [5.41, 5.74) is 1.86. The number of methoxy groups -OCH3 is 1. The fourth-order valence-corrected chi connectivity index (χ4v) is 4.79. The van der Waals surface area contributed by atoms with Crippen molar-refractivity contribution in [3.8, 4) is 0 Å². The lowest BCUT2D eigenvalue weighted by Crippen LogP contribution is -2.28. The molecule has 184 valence electrons. The van der Waals surface area contributed by atoms with Crippen LogP contribution in [0.15, 0.2) is 53.6 Å². The molecule has 0 atom stereocenters. The minimum atomic E-state index is -0.588. The Labute approximate surface area is 214 Å². The third-order valence-electron chi connectivity index (χ3n) is 5.47. The average Bonchev–Trinajstić information content (AvgIpc) is 3.20. The molecule has 4 rings (SSSR count). The minimum Gasteiger partial charge on any atom is -0.465 e. The van der Waals surface area contributed by atoms with Gasteiger partial charge in [-0.15, -0.1) is 11.3 Å². The Morgan fingerprint density at radius 3 is 2.58 bits per heavy atom. The van der Waals surface area contributed by atoms with E-state index in [4.69, 9.17) is 16.3 Å². The number of nitrogens with zero attached hydrogens (tertiary/aromatic N) is 2. The molecule has 2 heterocycles. The smallest absolute Gasteiger partial charge is 0.339 e. The summed E-state index contributed by atoms with van der Waals surface area (Å²) in [7, 11) is 1.25. The summed E-state index contributed by atoms with van der Waals surface area (Å²) >= 11 is 7.16. The quantitative estimate of drug-likeness (QED) is 0.361. The number of thiophene rings is 1. The highest BCUT2D eigenvalue weighted by molar-refractivity contribution is 7.20. The summed E-state index contributed by atoms with van der Waals surface area (Å²) in [6, 6.07) is 11.6. The van der Waals surface area contributed by atoms with Crippen molar-refractivity contribution < 1.29 is 19.1 Å². The van der Waals surface area contributed by atoms with Gasteiger partial charge in [0.05, 0.1) is 35.0 Å². The number of hydrogen-bond donors (Lipinski definition) is 2. The van der Waals surface area contributed by atoms with Crippen molar-refractivity contribution in [1.82, 2.24) is 9.55 Å². The predicted molar refractivity (Wildman–Crippen MR) is 139 cm³/mol. The molecular formula is C25H21ClN4O5S. The zero-order chi connectivity index (χ0) is 26.0. The van der Waals surface area contributed by atoms with Crippen LogP contribution in [0.1, 0.15) is 31.2 Å². The number of nitrogens with one attached hydrogen (secondary N) is 2. The number of para-hydroxylation sites is 1. The van der Waals surface area contributed by atoms with Crippen LogP contribution in [-0.2, 0) is 16.1 Å². The number of anilines is 2. The van der Waals surface area contributed by atoms with Gasteiger partial charge in [-0.2, -0.15) is 0 Å². The summed E-state index contributed by atoms with van der Waals surface area (Å²) in [5.74, 6) is -1.51. The highest BCUT2D eigenvalue weighted by atomic mass is 35.5. The molecule has 4 aromatic rings. The van der Waals surface area contributed by atoms with Crippen LogP contribution in [-0.4, -0.2) is 34.4 Å². The molecule has 9 nitrogen and oxygen atoms in total. The first-order chi connectivity index (χ1) is 17.2.